The minimum atomic E-state index is 0.527. The van der Waals surface area contributed by atoms with Gasteiger partial charge in [-0.3, -0.25) is 0 Å². The standard InChI is InChI=1S/C13H17N3O2/c1-3-17-7-6-12-15-13(18-16-12)11-5-4-10(14)8-9(11)2/h4-5,8H,3,6-7,14H2,1-2H3. The first-order valence-corrected chi connectivity index (χ1v) is 5.97. The van der Waals surface area contributed by atoms with Crippen molar-refractivity contribution in [2.75, 3.05) is 18.9 Å². The summed E-state index contributed by atoms with van der Waals surface area (Å²) >= 11 is 0. The predicted octanol–water partition coefficient (Wildman–Crippen LogP) is 2.21. The minimum absolute atomic E-state index is 0.527. The number of hydrogen-bond donors (Lipinski definition) is 1. The SMILES string of the molecule is CCOCCc1noc(-c2ccc(N)cc2C)n1. The van der Waals surface area contributed by atoms with E-state index in [0.29, 0.717) is 31.3 Å². The topological polar surface area (TPSA) is 74.2 Å². The van der Waals surface area contributed by atoms with Crippen molar-refractivity contribution in [1.82, 2.24) is 10.1 Å². The largest absolute Gasteiger partial charge is 0.399 e. The van der Waals surface area contributed by atoms with Crippen molar-refractivity contribution in [2.24, 2.45) is 0 Å². The molecular formula is C13H17N3O2. The summed E-state index contributed by atoms with van der Waals surface area (Å²) in [6.45, 7) is 5.23. The number of aryl methyl sites for hydroxylation is 1. The summed E-state index contributed by atoms with van der Waals surface area (Å²) in [5.74, 6) is 1.19. The molecule has 2 rings (SSSR count). The average Bonchev–Trinajstić information content (AvgIpc) is 2.78. The van der Waals surface area contributed by atoms with E-state index in [9.17, 15) is 0 Å². The van der Waals surface area contributed by atoms with Crippen molar-refractivity contribution in [2.45, 2.75) is 20.3 Å². The molecule has 0 spiro atoms. The summed E-state index contributed by atoms with van der Waals surface area (Å²) in [6, 6.07) is 5.61. The lowest BCUT2D eigenvalue weighted by molar-refractivity contribution is 0.149. The number of aromatic nitrogens is 2. The third-order valence-electron chi connectivity index (χ3n) is 2.62. The molecule has 0 aliphatic carbocycles. The van der Waals surface area contributed by atoms with Crippen LogP contribution >= 0.6 is 0 Å². The van der Waals surface area contributed by atoms with E-state index in [4.69, 9.17) is 15.0 Å². The van der Waals surface area contributed by atoms with Crippen LogP contribution < -0.4 is 5.73 Å². The number of benzene rings is 1. The minimum Gasteiger partial charge on any atom is -0.399 e. The molecular weight excluding hydrogens is 230 g/mol. The maximum absolute atomic E-state index is 5.71. The number of ether oxygens (including phenoxy) is 1. The van der Waals surface area contributed by atoms with Gasteiger partial charge in [0, 0.05) is 24.3 Å². The maximum atomic E-state index is 5.71. The van der Waals surface area contributed by atoms with Crippen molar-refractivity contribution < 1.29 is 9.26 Å². The van der Waals surface area contributed by atoms with Gasteiger partial charge in [0.05, 0.1) is 6.61 Å². The van der Waals surface area contributed by atoms with Crippen molar-refractivity contribution in [3.05, 3.63) is 29.6 Å². The van der Waals surface area contributed by atoms with Crippen molar-refractivity contribution in [1.29, 1.82) is 0 Å². The zero-order valence-corrected chi connectivity index (χ0v) is 10.6. The first kappa shape index (κ1) is 12.6. The first-order valence-electron chi connectivity index (χ1n) is 5.97. The zero-order chi connectivity index (χ0) is 13.0. The number of nitrogens with two attached hydrogens (primary N) is 1. The Labute approximate surface area is 106 Å². The smallest absolute Gasteiger partial charge is 0.258 e. The van der Waals surface area contributed by atoms with Gasteiger partial charge in [-0.1, -0.05) is 5.16 Å². The fourth-order valence-corrected chi connectivity index (χ4v) is 1.70. The molecule has 1 aromatic heterocycles. The van der Waals surface area contributed by atoms with E-state index in [1.807, 2.05) is 32.0 Å². The van der Waals surface area contributed by atoms with Crippen LogP contribution in [0.25, 0.3) is 11.5 Å². The number of hydrogen-bond acceptors (Lipinski definition) is 5. The number of rotatable bonds is 5. The van der Waals surface area contributed by atoms with Gasteiger partial charge in [-0.25, -0.2) is 0 Å². The highest BCUT2D eigenvalue weighted by Crippen LogP contribution is 2.23. The molecule has 0 aliphatic rings. The molecule has 5 nitrogen and oxygen atoms in total. The molecule has 0 fully saturated rings. The van der Waals surface area contributed by atoms with Crippen LogP contribution in [-0.4, -0.2) is 23.4 Å². The Hall–Kier alpha value is -1.88. The van der Waals surface area contributed by atoms with Crippen LogP contribution in [0.3, 0.4) is 0 Å². The van der Waals surface area contributed by atoms with E-state index in [2.05, 4.69) is 10.1 Å². The fraction of sp³-hybridized carbons (Fsp3) is 0.385. The van der Waals surface area contributed by atoms with Gasteiger partial charge in [0.2, 0.25) is 0 Å². The van der Waals surface area contributed by atoms with Crippen LogP contribution in [0.2, 0.25) is 0 Å². The van der Waals surface area contributed by atoms with E-state index in [1.165, 1.54) is 0 Å². The monoisotopic (exact) mass is 247 g/mol. The molecule has 1 heterocycles. The van der Waals surface area contributed by atoms with Crippen LogP contribution in [0.1, 0.15) is 18.3 Å². The second kappa shape index (κ2) is 5.64. The van der Waals surface area contributed by atoms with Crippen molar-refractivity contribution in [3.63, 3.8) is 0 Å². The summed E-state index contributed by atoms with van der Waals surface area (Å²) in [6.07, 6.45) is 0.658. The molecule has 0 bridgehead atoms. The average molecular weight is 247 g/mol. The van der Waals surface area contributed by atoms with Crippen molar-refractivity contribution in [3.8, 4) is 11.5 Å². The zero-order valence-electron chi connectivity index (χ0n) is 10.6. The summed E-state index contributed by atoms with van der Waals surface area (Å²) in [7, 11) is 0. The van der Waals surface area contributed by atoms with E-state index in [-0.39, 0.29) is 0 Å². The van der Waals surface area contributed by atoms with E-state index < -0.39 is 0 Å². The molecule has 0 saturated heterocycles. The second-order valence-corrected chi connectivity index (χ2v) is 4.04. The lowest BCUT2D eigenvalue weighted by Gasteiger charge is -2.01. The fourth-order valence-electron chi connectivity index (χ4n) is 1.70. The van der Waals surface area contributed by atoms with Gasteiger partial charge in [0.15, 0.2) is 5.82 Å². The Balaban J connectivity index is 2.13. The molecule has 2 aromatic rings. The normalized spacial score (nSPS) is 10.8. The van der Waals surface area contributed by atoms with Gasteiger partial charge >= 0.3 is 0 Å². The van der Waals surface area contributed by atoms with Gasteiger partial charge in [0.1, 0.15) is 0 Å². The lowest BCUT2D eigenvalue weighted by Crippen LogP contribution is -1.99. The Morgan fingerprint density at radius 3 is 2.94 bits per heavy atom. The summed E-state index contributed by atoms with van der Waals surface area (Å²) in [5, 5.41) is 3.93. The number of nitrogen functional groups attached to an aromatic ring is 1. The van der Waals surface area contributed by atoms with Crippen LogP contribution in [0.15, 0.2) is 22.7 Å². The van der Waals surface area contributed by atoms with Gasteiger partial charge in [-0.05, 0) is 37.6 Å². The molecule has 0 aliphatic heterocycles. The van der Waals surface area contributed by atoms with E-state index in [1.54, 1.807) is 0 Å². The summed E-state index contributed by atoms with van der Waals surface area (Å²) in [5.41, 5.74) is 8.38. The van der Waals surface area contributed by atoms with Gasteiger partial charge in [-0.2, -0.15) is 4.98 Å². The lowest BCUT2D eigenvalue weighted by atomic mass is 10.1. The maximum Gasteiger partial charge on any atom is 0.258 e. The molecule has 2 N–H and O–H groups in total. The van der Waals surface area contributed by atoms with Crippen LogP contribution in [-0.2, 0) is 11.2 Å². The second-order valence-electron chi connectivity index (χ2n) is 4.04. The van der Waals surface area contributed by atoms with Gasteiger partial charge < -0.3 is 15.0 Å². The third kappa shape index (κ3) is 2.87. The number of nitrogens with zero attached hydrogens (tertiary/aromatic N) is 2. The van der Waals surface area contributed by atoms with Crippen LogP contribution in [0, 0.1) is 6.92 Å². The van der Waals surface area contributed by atoms with E-state index >= 15 is 0 Å². The molecule has 0 amide bonds. The molecule has 5 heteroatoms. The number of anilines is 1. The molecule has 0 saturated carbocycles. The highest BCUT2D eigenvalue weighted by atomic mass is 16.5. The predicted molar refractivity (Wildman–Crippen MR) is 69.1 cm³/mol. The van der Waals surface area contributed by atoms with Crippen molar-refractivity contribution >= 4 is 5.69 Å². The van der Waals surface area contributed by atoms with Crippen LogP contribution in [0.5, 0.6) is 0 Å². The Kier molecular flexibility index (Phi) is 3.94. The molecule has 0 atom stereocenters. The highest BCUT2D eigenvalue weighted by Gasteiger charge is 2.11. The molecule has 1 aromatic carbocycles. The molecule has 0 unspecified atom stereocenters. The van der Waals surface area contributed by atoms with E-state index in [0.717, 1.165) is 16.8 Å². The molecule has 0 radical (unpaired) electrons. The summed E-state index contributed by atoms with van der Waals surface area (Å²) in [4.78, 5) is 4.34. The Morgan fingerprint density at radius 1 is 1.39 bits per heavy atom. The quantitative estimate of drug-likeness (QED) is 0.647. The summed E-state index contributed by atoms with van der Waals surface area (Å²) < 4.78 is 10.5. The molecule has 18 heavy (non-hydrogen) atoms. The highest BCUT2D eigenvalue weighted by molar-refractivity contribution is 5.62. The van der Waals surface area contributed by atoms with Gasteiger partial charge in [0.25, 0.3) is 5.89 Å². The third-order valence-corrected chi connectivity index (χ3v) is 2.62. The molecule has 96 valence electrons. The Bertz CT molecular complexity index is 523. The first-order chi connectivity index (χ1) is 8.70. The van der Waals surface area contributed by atoms with Crippen LogP contribution in [0.4, 0.5) is 5.69 Å². The van der Waals surface area contributed by atoms with Gasteiger partial charge in [-0.15, -0.1) is 0 Å². The Morgan fingerprint density at radius 2 is 2.22 bits per heavy atom.